The number of nitrogens with zero attached hydrogens (tertiary/aromatic N) is 2. The number of piperidine rings is 1. The number of carbonyl (C=O) groups is 1. The number of halogens is 3. The van der Waals surface area contributed by atoms with Crippen molar-refractivity contribution in [3.63, 3.8) is 0 Å². The minimum absolute atomic E-state index is 0.0791. The third-order valence-electron chi connectivity index (χ3n) is 5.28. The van der Waals surface area contributed by atoms with Crippen molar-refractivity contribution in [3.05, 3.63) is 42.1 Å². The van der Waals surface area contributed by atoms with Crippen molar-refractivity contribution in [1.82, 2.24) is 4.98 Å². The zero-order chi connectivity index (χ0) is 21.1. The van der Waals surface area contributed by atoms with Gasteiger partial charge in [0.2, 0.25) is 5.91 Å². The van der Waals surface area contributed by atoms with Gasteiger partial charge in [-0.05, 0) is 37.1 Å². The molecule has 1 saturated heterocycles. The second kappa shape index (κ2) is 8.41. The Morgan fingerprint density at radius 2 is 1.80 bits per heavy atom. The number of nitrogens with one attached hydrogen (secondary N) is 1. The van der Waals surface area contributed by atoms with Gasteiger partial charge in [-0.3, -0.25) is 4.79 Å². The summed E-state index contributed by atoms with van der Waals surface area (Å²) < 4.78 is 49.3. The van der Waals surface area contributed by atoms with Gasteiger partial charge in [0, 0.05) is 43.4 Å². The summed E-state index contributed by atoms with van der Waals surface area (Å²) in [6.45, 7) is 2.28. The Morgan fingerprint density at radius 1 is 1.07 bits per heavy atom. The van der Waals surface area contributed by atoms with Crippen LogP contribution in [-0.4, -0.2) is 37.2 Å². The highest BCUT2D eigenvalue weighted by molar-refractivity contribution is 5.93. The van der Waals surface area contributed by atoms with Crippen molar-refractivity contribution in [3.8, 4) is 11.5 Å². The number of anilines is 2. The van der Waals surface area contributed by atoms with Gasteiger partial charge in [-0.2, -0.15) is 13.2 Å². The predicted molar refractivity (Wildman–Crippen MR) is 105 cm³/mol. The molecular weight excluding hydrogens is 399 g/mol. The highest BCUT2D eigenvalue weighted by atomic mass is 19.4. The normalized spacial score (nSPS) is 17.4. The first kappa shape index (κ1) is 20.3. The average molecular weight is 421 g/mol. The molecule has 0 aliphatic carbocycles. The predicted octanol–water partition coefficient (Wildman–Crippen LogP) is 4.12. The molecule has 1 fully saturated rings. The summed E-state index contributed by atoms with van der Waals surface area (Å²) in [6, 6.07) is 7.74. The van der Waals surface area contributed by atoms with Crippen LogP contribution in [-0.2, 0) is 11.0 Å². The lowest BCUT2D eigenvalue weighted by atomic mass is 9.95. The van der Waals surface area contributed by atoms with Crippen LogP contribution < -0.4 is 19.7 Å². The number of alkyl halides is 3. The van der Waals surface area contributed by atoms with Crippen LogP contribution in [0.3, 0.4) is 0 Å². The van der Waals surface area contributed by atoms with Gasteiger partial charge >= 0.3 is 6.18 Å². The fourth-order valence-electron chi connectivity index (χ4n) is 3.60. The molecular formula is C21H22F3N3O3. The summed E-state index contributed by atoms with van der Waals surface area (Å²) in [5.74, 6) is 1.53. The molecule has 0 radical (unpaired) electrons. The Morgan fingerprint density at radius 3 is 2.47 bits per heavy atom. The number of hydrogen-bond donors (Lipinski definition) is 1. The van der Waals surface area contributed by atoms with Gasteiger partial charge in [-0.25, -0.2) is 4.98 Å². The van der Waals surface area contributed by atoms with Gasteiger partial charge in [0.25, 0.3) is 0 Å². The van der Waals surface area contributed by atoms with E-state index in [-0.39, 0.29) is 11.8 Å². The molecule has 0 saturated carbocycles. The van der Waals surface area contributed by atoms with Gasteiger partial charge < -0.3 is 19.7 Å². The molecule has 2 aromatic rings. The minimum atomic E-state index is -4.40. The Bertz CT molecular complexity index is 895. The van der Waals surface area contributed by atoms with Crippen LogP contribution in [0.25, 0.3) is 0 Å². The molecule has 0 unspecified atom stereocenters. The van der Waals surface area contributed by atoms with E-state index in [0.29, 0.717) is 62.1 Å². The molecule has 0 atom stereocenters. The molecule has 2 aliphatic heterocycles. The number of amides is 1. The van der Waals surface area contributed by atoms with Crippen LogP contribution in [0.2, 0.25) is 0 Å². The lowest BCUT2D eigenvalue weighted by molar-refractivity contribution is -0.137. The highest BCUT2D eigenvalue weighted by Gasteiger charge is 2.31. The maximum atomic E-state index is 12.7. The van der Waals surface area contributed by atoms with Crippen molar-refractivity contribution < 1.29 is 27.4 Å². The number of carbonyl (C=O) groups excluding carboxylic acids is 1. The lowest BCUT2D eigenvalue weighted by Crippen LogP contribution is -2.38. The van der Waals surface area contributed by atoms with Crippen LogP contribution in [0, 0.1) is 5.92 Å². The maximum Gasteiger partial charge on any atom is 0.417 e. The van der Waals surface area contributed by atoms with E-state index in [9.17, 15) is 18.0 Å². The largest absolute Gasteiger partial charge is 0.490 e. The van der Waals surface area contributed by atoms with E-state index in [1.54, 1.807) is 18.2 Å². The highest BCUT2D eigenvalue weighted by Crippen LogP contribution is 2.33. The van der Waals surface area contributed by atoms with Crippen molar-refractivity contribution in [2.24, 2.45) is 5.92 Å². The van der Waals surface area contributed by atoms with E-state index in [1.807, 2.05) is 4.90 Å². The number of pyridine rings is 1. The minimum Gasteiger partial charge on any atom is -0.490 e. The molecule has 2 aliphatic rings. The van der Waals surface area contributed by atoms with Crippen molar-refractivity contribution in [2.75, 3.05) is 36.5 Å². The molecule has 0 spiro atoms. The molecule has 4 rings (SSSR count). The van der Waals surface area contributed by atoms with Gasteiger partial charge in [-0.15, -0.1) is 0 Å². The van der Waals surface area contributed by atoms with Gasteiger partial charge in [0.1, 0.15) is 5.82 Å². The maximum absolute atomic E-state index is 12.7. The van der Waals surface area contributed by atoms with Gasteiger partial charge in [0.15, 0.2) is 11.5 Å². The second-order valence-corrected chi connectivity index (χ2v) is 7.37. The zero-order valence-corrected chi connectivity index (χ0v) is 16.2. The van der Waals surface area contributed by atoms with Crippen LogP contribution in [0.5, 0.6) is 11.5 Å². The molecule has 9 heteroatoms. The molecule has 6 nitrogen and oxygen atoms in total. The van der Waals surface area contributed by atoms with Crippen LogP contribution in [0.15, 0.2) is 36.5 Å². The van der Waals surface area contributed by atoms with E-state index in [2.05, 4.69) is 10.3 Å². The van der Waals surface area contributed by atoms with Gasteiger partial charge in [0.05, 0.1) is 18.8 Å². The fourth-order valence-corrected chi connectivity index (χ4v) is 3.60. The van der Waals surface area contributed by atoms with Crippen molar-refractivity contribution in [2.45, 2.75) is 25.4 Å². The van der Waals surface area contributed by atoms with E-state index in [0.717, 1.165) is 18.7 Å². The van der Waals surface area contributed by atoms with E-state index >= 15 is 0 Å². The quantitative estimate of drug-likeness (QED) is 0.808. The monoisotopic (exact) mass is 421 g/mol. The molecule has 1 aromatic carbocycles. The zero-order valence-electron chi connectivity index (χ0n) is 16.2. The second-order valence-electron chi connectivity index (χ2n) is 7.37. The number of fused-ring (bicyclic) bond motifs is 1. The van der Waals surface area contributed by atoms with Crippen LogP contribution in [0.1, 0.15) is 24.8 Å². The summed E-state index contributed by atoms with van der Waals surface area (Å²) in [6.07, 6.45) is -1.55. The smallest absolute Gasteiger partial charge is 0.417 e. The summed E-state index contributed by atoms with van der Waals surface area (Å²) >= 11 is 0. The third kappa shape index (κ3) is 4.60. The molecule has 1 aromatic heterocycles. The number of aromatic nitrogens is 1. The average Bonchev–Trinajstić information content (AvgIpc) is 2.98. The van der Waals surface area contributed by atoms with Crippen LogP contribution >= 0.6 is 0 Å². The Labute approximate surface area is 172 Å². The van der Waals surface area contributed by atoms with E-state index in [1.165, 1.54) is 6.07 Å². The molecule has 0 bridgehead atoms. The Balaban J connectivity index is 1.33. The fraction of sp³-hybridized carbons (Fsp3) is 0.429. The first-order valence-electron chi connectivity index (χ1n) is 9.89. The molecule has 160 valence electrons. The van der Waals surface area contributed by atoms with Gasteiger partial charge in [-0.1, -0.05) is 0 Å². The van der Waals surface area contributed by atoms with Crippen LogP contribution in [0.4, 0.5) is 24.7 Å². The van der Waals surface area contributed by atoms with E-state index < -0.39 is 11.7 Å². The summed E-state index contributed by atoms with van der Waals surface area (Å²) in [5.41, 5.74) is -0.119. The molecule has 1 N–H and O–H groups in total. The molecule has 3 heterocycles. The van der Waals surface area contributed by atoms with E-state index in [4.69, 9.17) is 9.47 Å². The number of hydrogen-bond acceptors (Lipinski definition) is 5. The topological polar surface area (TPSA) is 63.7 Å². The lowest BCUT2D eigenvalue weighted by Gasteiger charge is -2.32. The van der Waals surface area contributed by atoms with Crippen molar-refractivity contribution in [1.29, 1.82) is 0 Å². The number of benzene rings is 1. The summed E-state index contributed by atoms with van der Waals surface area (Å²) in [5, 5.41) is 2.93. The molecule has 1 amide bonds. The number of ether oxygens (including phenoxy) is 2. The summed E-state index contributed by atoms with van der Waals surface area (Å²) in [4.78, 5) is 18.5. The first-order valence-corrected chi connectivity index (χ1v) is 9.89. The number of rotatable bonds is 3. The third-order valence-corrected chi connectivity index (χ3v) is 5.28. The summed E-state index contributed by atoms with van der Waals surface area (Å²) in [7, 11) is 0. The molecule has 30 heavy (non-hydrogen) atoms. The Kier molecular flexibility index (Phi) is 5.69. The standard InChI is InChI=1S/C21H22F3N3O3/c22-21(23,24)15-2-5-19(25-13-15)27-8-6-14(7-9-27)20(28)26-16-3-4-17-18(12-16)30-11-1-10-29-17/h2-5,12-14H,1,6-11H2,(H,26,28). The first-order chi connectivity index (χ1) is 14.4. The Hall–Kier alpha value is -2.97. The van der Waals surface area contributed by atoms with Crippen molar-refractivity contribution >= 4 is 17.4 Å². The SMILES string of the molecule is O=C(Nc1ccc2c(c1)OCCCO2)C1CCN(c2ccc(C(F)(F)F)cn2)CC1.